The van der Waals surface area contributed by atoms with Crippen molar-refractivity contribution >= 4 is 11.7 Å². The standard InChI is InChI=1S/C22H29N3O2/c1-17-15-20(18(2)23(17)3)21(26)16-24-11-13-25(14-12-24)22(27)10-9-19-7-5-4-6-8-19/h4-8,15H,9-14,16H2,1-3H3. The Morgan fingerprint density at radius 3 is 2.26 bits per heavy atom. The van der Waals surface area contributed by atoms with E-state index in [1.165, 1.54) is 5.56 Å². The molecule has 5 nitrogen and oxygen atoms in total. The summed E-state index contributed by atoms with van der Waals surface area (Å²) in [6.07, 6.45) is 1.33. The lowest BCUT2D eigenvalue weighted by molar-refractivity contribution is -0.132. The van der Waals surface area contributed by atoms with Gasteiger partial charge in [-0.1, -0.05) is 30.3 Å². The maximum Gasteiger partial charge on any atom is 0.222 e. The summed E-state index contributed by atoms with van der Waals surface area (Å²) >= 11 is 0. The highest BCUT2D eigenvalue weighted by atomic mass is 16.2. The normalized spacial score (nSPS) is 15.1. The van der Waals surface area contributed by atoms with Gasteiger partial charge < -0.3 is 9.47 Å². The molecule has 0 atom stereocenters. The number of aromatic nitrogens is 1. The molecule has 2 aromatic rings. The predicted molar refractivity (Wildman–Crippen MR) is 107 cm³/mol. The van der Waals surface area contributed by atoms with E-state index in [1.54, 1.807) is 0 Å². The summed E-state index contributed by atoms with van der Waals surface area (Å²) in [5, 5.41) is 0. The SMILES string of the molecule is Cc1cc(C(=O)CN2CCN(C(=O)CCc3ccccc3)CC2)c(C)n1C. The molecular formula is C22H29N3O2. The first kappa shape index (κ1) is 19.4. The van der Waals surface area contributed by atoms with Crippen LogP contribution in [0.25, 0.3) is 0 Å². The first-order valence-electron chi connectivity index (χ1n) is 9.66. The van der Waals surface area contributed by atoms with Gasteiger partial charge in [0.1, 0.15) is 0 Å². The molecule has 0 aliphatic carbocycles. The number of ketones is 1. The van der Waals surface area contributed by atoms with E-state index < -0.39 is 0 Å². The summed E-state index contributed by atoms with van der Waals surface area (Å²) in [5.74, 6) is 0.374. The molecule has 0 N–H and O–H groups in total. The van der Waals surface area contributed by atoms with Crippen LogP contribution in [0, 0.1) is 13.8 Å². The first-order chi connectivity index (χ1) is 13.0. The van der Waals surface area contributed by atoms with Crippen molar-refractivity contribution in [3.8, 4) is 0 Å². The number of carbonyl (C=O) groups excluding carboxylic acids is 2. The quantitative estimate of drug-likeness (QED) is 0.738. The van der Waals surface area contributed by atoms with Crippen LogP contribution in [-0.4, -0.2) is 58.8 Å². The average Bonchev–Trinajstić information content (AvgIpc) is 2.95. The molecule has 1 aromatic carbocycles. The van der Waals surface area contributed by atoms with E-state index in [2.05, 4.69) is 21.6 Å². The van der Waals surface area contributed by atoms with Crippen molar-refractivity contribution in [2.45, 2.75) is 26.7 Å². The van der Waals surface area contributed by atoms with Crippen molar-refractivity contribution in [3.63, 3.8) is 0 Å². The molecular weight excluding hydrogens is 338 g/mol. The minimum atomic E-state index is 0.167. The van der Waals surface area contributed by atoms with Gasteiger partial charge in [0.15, 0.2) is 5.78 Å². The maximum absolute atomic E-state index is 12.6. The summed E-state index contributed by atoms with van der Waals surface area (Å²) in [4.78, 5) is 29.2. The van der Waals surface area contributed by atoms with Crippen molar-refractivity contribution < 1.29 is 9.59 Å². The Morgan fingerprint density at radius 2 is 1.67 bits per heavy atom. The third-order valence-corrected chi connectivity index (χ3v) is 5.64. The molecule has 1 aliphatic heterocycles. The second-order valence-corrected chi connectivity index (χ2v) is 7.41. The second kappa shape index (κ2) is 8.53. The van der Waals surface area contributed by atoms with E-state index in [0.29, 0.717) is 26.1 Å². The molecule has 1 fully saturated rings. The van der Waals surface area contributed by atoms with Crippen molar-refractivity contribution in [1.29, 1.82) is 0 Å². The smallest absolute Gasteiger partial charge is 0.222 e. The molecule has 1 amide bonds. The van der Waals surface area contributed by atoms with Gasteiger partial charge in [-0.25, -0.2) is 0 Å². The molecule has 0 unspecified atom stereocenters. The minimum Gasteiger partial charge on any atom is -0.351 e. The zero-order chi connectivity index (χ0) is 19.4. The topological polar surface area (TPSA) is 45.6 Å². The van der Waals surface area contributed by atoms with E-state index in [-0.39, 0.29) is 11.7 Å². The lowest BCUT2D eigenvalue weighted by Crippen LogP contribution is -2.50. The van der Waals surface area contributed by atoms with Crippen LogP contribution in [0.5, 0.6) is 0 Å². The molecule has 0 bridgehead atoms. The van der Waals surface area contributed by atoms with Gasteiger partial charge in [-0.15, -0.1) is 0 Å². The largest absolute Gasteiger partial charge is 0.351 e. The average molecular weight is 367 g/mol. The molecule has 1 aliphatic rings. The summed E-state index contributed by atoms with van der Waals surface area (Å²) in [7, 11) is 1.99. The first-order valence-corrected chi connectivity index (χ1v) is 9.66. The number of nitrogens with zero attached hydrogens (tertiary/aromatic N) is 3. The Balaban J connectivity index is 1.46. The van der Waals surface area contributed by atoms with Gasteiger partial charge in [-0.3, -0.25) is 14.5 Å². The number of benzene rings is 1. The fourth-order valence-corrected chi connectivity index (χ4v) is 3.64. The molecule has 144 valence electrons. The Bertz CT molecular complexity index is 802. The Morgan fingerprint density at radius 1 is 1.00 bits per heavy atom. The number of piperazine rings is 1. The lowest BCUT2D eigenvalue weighted by Gasteiger charge is -2.34. The van der Waals surface area contributed by atoms with E-state index in [1.807, 2.05) is 50.1 Å². The van der Waals surface area contributed by atoms with Crippen molar-refractivity contribution in [3.05, 3.63) is 58.9 Å². The molecule has 27 heavy (non-hydrogen) atoms. The molecule has 0 saturated carbocycles. The van der Waals surface area contributed by atoms with Gasteiger partial charge >= 0.3 is 0 Å². The van der Waals surface area contributed by atoms with Crippen LogP contribution in [0.2, 0.25) is 0 Å². The van der Waals surface area contributed by atoms with E-state index in [9.17, 15) is 9.59 Å². The molecule has 1 aromatic heterocycles. The van der Waals surface area contributed by atoms with E-state index >= 15 is 0 Å². The number of aryl methyl sites for hydroxylation is 2. The molecule has 0 radical (unpaired) electrons. The second-order valence-electron chi connectivity index (χ2n) is 7.41. The number of hydrogen-bond donors (Lipinski definition) is 0. The van der Waals surface area contributed by atoms with Gasteiger partial charge in [0.05, 0.1) is 6.54 Å². The number of carbonyl (C=O) groups is 2. The van der Waals surface area contributed by atoms with Crippen LogP contribution in [0.4, 0.5) is 0 Å². The molecule has 2 heterocycles. The summed E-state index contributed by atoms with van der Waals surface area (Å²) in [6.45, 7) is 7.35. The van der Waals surface area contributed by atoms with Crippen LogP contribution in [-0.2, 0) is 18.3 Å². The monoisotopic (exact) mass is 367 g/mol. The third kappa shape index (κ3) is 4.66. The Kier molecular flexibility index (Phi) is 6.11. The van der Waals surface area contributed by atoms with E-state index in [4.69, 9.17) is 0 Å². The van der Waals surface area contributed by atoms with Crippen molar-refractivity contribution in [2.24, 2.45) is 7.05 Å². The van der Waals surface area contributed by atoms with Crippen LogP contribution in [0.1, 0.15) is 33.7 Å². The van der Waals surface area contributed by atoms with E-state index in [0.717, 1.165) is 36.5 Å². The summed E-state index contributed by atoms with van der Waals surface area (Å²) in [5.41, 5.74) is 4.14. The van der Waals surface area contributed by atoms with Crippen LogP contribution < -0.4 is 0 Å². The molecule has 5 heteroatoms. The zero-order valence-electron chi connectivity index (χ0n) is 16.6. The zero-order valence-corrected chi connectivity index (χ0v) is 16.6. The third-order valence-electron chi connectivity index (χ3n) is 5.64. The maximum atomic E-state index is 12.6. The predicted octanol–water partition coefficient (Wildman–Crippen LogP) is 2.60. The highest BCUT2D eigenvalue weighted by Crippen LogP contribution is 2.15. The number of Topliss-reactive ketones (excluding diaryl/α,β-unsaturated/α-hetero) is 1. The minimum absolute atomic E-state index is 0.167. The van der Waals surface area contributed by atoms with Gasteiger partial charge in [-0.2, -0.15) is 0 Å². The fraction of sp³-hybridized carbons (Fsp3) is 0.455. The van der Waals surface area contributed by atoms with Gasteiger partial charge in [0.25, 0.3) is 0 Å². The summed E-state index contributed by atoms with van der Waals surface area (Å²) < 4.78 is 2.05. The molecule has 1 saturated heterocycles. The highest BCUT2D eigenvalue weighted by Gasteiger charge is 2.23. The van der Waals surface area contributed by atoms with Crippen LogP contribution >= 0.6 is 0 Å². The van der Waals surface area contributed by atoms with Gasteiger partial charge in [-0.05, 0) is 31.9 Å². The highest BCUT2D eigenvalue weighted by molar-refractivity contribution is 5.99. The Labute approximate surface area is 161 Å². The van der Waals surface area contributed by atoms with Gasteiger partial charge in [0.2, 0.25) is 5.91 Å². The number of amides is 1. The number of hydrogen-bond acceptors (Lipinski definition) is 3. The van der Waals surface area contributed by atoms with Crippen molar-refractivity contribution in [2.75, 3.05) is 32.7 Å². The van der Waals surface area contributed by atoms with Crippen molar-refractivity contribution in [1.82, 2.24) is 14.4 Å². The van der Waals surface area contributed by atoms with Crippen LogP contribution in [0.15, 0.2) is 36.4 Å². The van der Waals surface area contributed by atoms with Gasteiger partial charge in [0, 0.05) is 56.6 Å². The fourth-order valence-electron chi connectivity index (χ4n) is 3.64. The molecule has 0 spiro atoms. The lowest BCUT2D eigenvalue weighted by atomic mass is 10.1. The Hall–Kier alpha value is -2.40. The number of rotatable bonds is 6. The molecule has 3 rings (SSSR count). The summed E-state index contributed by atoms with van der Waals surface area (Å²) in [6, 6.07) is 12.1. The van der Waals surface area contributed by atoms with Crippen LogP contribution in [0.3, 0.4) is 0 Å².